The highest BCUT2D eigenvalue weighted by molar-refractivity contribution is 8.14. The van der Waals surface area contributed by atoms with Crippen LogP contribution in [0.15, 0.2) is 5.16 Å². The van der Waals surface area contributed by atoms with Crippen molar-refractivity contribution in [3.8, 4) is 0 Å². The third-order valence-corrected chi connectivity index (χ3v) is 1.69. The molecule has 0 amide bonds. The Morgan fingerprint density at radius 2 is 1.91 bits per heavy atom. The Morgan fingerprint density at radius 3 is 2.00 bits per heavy atom. The molecule has 0 aliphatic heterocycles. The Balaban J connectivity index is 4.21. The molecular formula is C5H8F3NOS. The van der Waals surface area contributed by atoms with Crippen LogP contribution in [-0.2, 0) is 0 Å². The molecule has 0 spiro atoms. The summed E-state index contributed by atoms with van der Waals surface area (Å²) in [5.41, 5.74) is 0. The summed E-state index contributed by atoms with van der Waals surface area (Å²) in [4.78, 5) is 0. The van der Waals surface area contributed by atoms with Gasteiger partial charge in [0.1, 0.15) is 0 Å². The molecule has 1 N–H and O–H groups in total. The fourth-order valence-corrected chi connectivity index (χ4v) is 0.998. The van der Waals surface area contributed by atoms with Gasteiger partial charge in [-0.3, -0.25) is 0 Å². The molecule has 0 aromatic carbocycles. The molecule has 0 aromatic rings. The van der Waals surface area contributed by atoms with E-state index in [9.17, 15) is 13.2 Å². The maximum Gasteiger partial charge on any atom is 0.442 e. The van der Waals surface area contributed by atoms with E-state index in [-0.39, 0.29) is 5.25 Å². The van der Waals surface area contributed by atoms with Gasteiger partial charge in [0.2, 0.25) is 5.04 Å². The quantitative estimate of drug-likeness (QED) is 0.296. The van der Waals surface area contributed by atoms with Gasteiger partial charge >= 0.3 is 6.18 Å². The predicted molar refractivity (Wildman–Crippen MR) is 38.0 cm³/mol. The van der Waals surface area contributed by atoms with Gasteiger partial charge in [-0.25, -0.2) is 0 Å². The van der Waals surface area contributed by atoms with Gasteiger partial charge < -0.3 is 5.21 Å². The van der Waals surface area contributed by atoms with Crippen molar-refractivity contribution in [3.05, 3.63) is 0 Å². The average molecular weight is 187 g/mol. The molecular weight excluding hydrogens is 179 g/mol. The summed E-state index contributed by atoms with van der Waals surface area (Å²) in [5, 5.41) is 8.66. The minimum atomic E-state index is -4.54. The lowest BCUT2D eigenvalue weighted by Crippen LogP contribution is -2.21. The zero-order valence-electron chi connectivity index (χ0n) is 6.01. The Hall–Kier alpha value is -0.390. The van der Waals surface area contributed by atoms with Gasteiger partial charge in [0, 0.05) is 5.25 Å². The van der Waals surface area contributed by atoms with Gasteiger partial charge in [-0.15, -0.1) is 0 Å². The van der Waals surface area contributed by atoms with Crippen LogP contribution in [0.4, 0.5) is 13.2 Å². The van der Waals surface area contributed by atoms with Crippen molar-refractivity contribution < 1.29 is 18.4 Å². The molecule has 0 saturated heterocycles. The maximum atomic E-state index is 11.8. The van der Waals surface area contributed by atoms with Gasteiger partial charge in [-0.05, 0) is 0 Å². The molecule has 0 atom stereocenters. The number of alkyl halides is 3. The number of hydrogen-bond acceptors (Lipinski definition) is 3. The lowest BCUT2D eigenvalue weighted by atomic mass is 10.6. The Kier molecular flexibility index (Phi) is 3.71. The van der Waals surface area contributed by atoms with Crippen LogP contribution in [0.2, 0.25) is 0 Å². The zero-order valence-corrected chi connectivity index (χ0v) is 6.83. The Morgan fingerprint density at radius 1 is 1.45 bits per heavy atom. The lowest BCUT2D eigenvalue weighted by molar-refractivity contribution is -0.0574. The molecule has 0 fully saturated rings. The van der Waals surface area contributed by atoms with Crippen LogP contribution in [0.1, 0.15) is 13.8 Å². The van der Waals surface area contributed by atoms with Crippen LogP contribution in [0.3, 0.4) is 0 Å². The van der Waals surface area contributed by atoms with Crippen LogP contribution in [-0.4, -0.2) is 21.7 Å². The standard InChI is InChI=1S/C5H8F3NOS/c1-3(2)11-4(9-10)5(6,7)8/h3,10H,1-2H3/b9-4-. The number of thioether (sulfide) groups is 1. The van der Waals surface area contributed by atoms with E-state index in [1.54, 1.807) is 13.8 Å². The van der Waals surface area contributed by atoms with E-state index in [0.717, 1.165) is 0 Å². The SMILES string of the molecule is CC(C)S/C(=N\O)C(F)(F)F. The average Bonchev–Trinajstić information content (AvgIpc) is 1.79. The monoisotopic (exact) mass is 187 g/mol. The van der Waals surface area contributed by atoms with Crippen molar-refractivity contribution in [2.45, 2.75) is 25.3 Å². The number of nitrogens with zero attached hydrogens (tertiary/aromatic N) is 1. The molecule has 0 aliphatic carbocycles. The van der Waals surface area contributed by atoms with E-state index in [1.165, 1.54) is 0 Å². The molecule has 0 rings (SSSR count). The van der Waals surface area contributed by atoms with Crippen molar-refractivity contribution in [3.63, 3.8) is 0 Å². The van der Waals surface area contributed by atoms with E-state index in [1.807, 2.05) is 0 Å². The van der Waals surface area contributed by atoms with E-state index < -0.39 is 11.2 Å². The summed E-state index contributed by atoms with van der Waals surface area (Å²) >= 11 is 0.481. The predicted octanol–water partition coefficient (Wildman–Crippen LogP) is 2.48. The smallest absolute Gasteiger partial charge is 0.410 e. The normalized spacial score (nSPS) is 14.2. The second-order valence-corrected chi connectivity index (χ2v) is 3.63. The highest BCUT2D eigenvalue weighted by Gasteiger charge is 2.37. The summed E-state index contributed by atoms with van der Waals surface area (Å²) in [7, 11) is 0. The number of rotatable bonds is 1. The van der Waals surface area contributed by atoms with Gasteiger partial charge in [0.15, 0.2) is 0 Å². The molecule has 0 radical (unpaired) electrons. The molecule has 0 bridgehead atoms. The topological polar surface area (TPSA) is 32.6 Å². The van der Waals surface area contributed by atoms with Gasteiger partial charge in [-0.2, -0.15) is 13.2 Å². The van der Waals surface area contributed by atoms with Gasteiger partial charge in [0.25, 0.3) is 0 Å². The van der Waals surface area contributed by atoms with E-state index in [2.05, 4.69) is 5.16 Å². The fraction of sp³-hybridized carbons (Fsp3) is 0.800. The van der Waals surface area contributed by atoms with Gasteiger partial charge in [-0.1, -0.05) is 30.8 Å². The Labute approximate surface area is 66.5 Å². The molecule has 0 aliphatic rings. The molecule has 0 heterocycles. The molecule has 11 heavy (non-hydrogen) atoms. The van der Waals surface area contributed by atoms with E-state index >= 15 is 0 Å². The van der Waals surface area contributed by atoms with Crippen LogP contribution >= 0.6 is 11.8 Å². The minimum Gasteiger partial charge on any atom is -0.410 e. The van der Waals surface area contributed by atoms with Crippen molar-refractivity contribution in [1.29, 1.82) is 0 Å². The first-order chi connectivity index (χ1) is 4.88. The summed E-state index contributed by atoms with van der Waals surface area (Å²) in [6.45, 7) is 3.17. The third kappa shape index (κ3) is 4.13. The van der Waals surface area contributed by atoms with Crippen LogP contribution in [0.25, 0.3) is 0 Å². The molecule has 66 valence electrons. The number of hydrogen-bond donors (Lipinski definition) is 1. The third-order valence-electron chi connectivity index (χ3n) is 0.681. The van der Waals surface area contributed by atoms with Crippen molar-refractivity contribution in [1.82, 2.24) is 0 Å². The highest BCUT2D eigenvalue weighted by Crippen LogP contribution is 2.27. The zero-order chi connectivity index (χ0) is 9.07. The lowest BCUT2D eigenvalue weighted by Gasteiger charge is -2.09. The van der Waals surface area contributed by atoms with Crippen LogP contribution < -0.4 is 0 Å². The first-order valence-corrected chi connectivity index (χ1v) is 3.71. The molecule has 6 heteroatoms. The second-order valence-electron chi connectivity index (χ2n) is 2.07. The molecule has 0 unspecified atom stereocenters. The van der Waals surface area contributed by atoms with Crippen molar-refractivity contribution >= 4 is 16.8 Å². The highest BCUT2D eigenvalue weighted by atomic mass is 32.2. The summed E-state index contributed by atoms with van der Waals surface area (Å²) in [5.74, 6) is 0. The first kappa shape index (κ1) is 10.6. The maximum absolute atomic E-state index is 11.8. The summed E-state index contributed by atoms with van der Waals surface area (Å²) in [6, 6.07) is 0. The second kappa shape index (κ2) is 3.85. The fourth-order valence-electron chi connectivity index (χ4n) is 0.370. The number of halogens is 3. The molecule has 0 aromatic heterocycles. The van der Waals surface area contributed by atoms with E-state index in [4.69, 9.17) is 5.21 Å². The first-order valence-electron chi connectivity index (χ1n) is 2.84. The van der Waals surface area contributed by atoms with E-state index in [0.29, 0.717) is 11.8 Å². The largest absolute Gasteiger partial charge is 0.442 e. The minimum absolute atomic E-state index is 0.248. The summed E-state index contributed by atoms with van der Waals surface area (Å²) in [6.07, 6.45) is -4.54. The number of oxime groups is 1. The van der Waals surface area contributed by atoms with Crippen molar-refractivity contribution in [2.75, 3.05) is 0 Å². The molecule has 2 nitrogen and oxygen atoms in total. The van der Waals surface area contributed by atoms with Crippen LogP contribution in [0.5, 0.6) is 0 Å². The summed E-state index contributed by atoms with van der Waals surface area (Å²) < 4.78 is 35.3. The van der Waals surface area contributed by atoms with Gasteiger partial charge in [0.05, 0.1) is 0 Å². The van der Waals surface area contributed by atoms with Crippen LogP contribution in [0, 0.1) is 0 Å². The molecule has 0 saturated carbocycles. The van der Waals surface area contributed by atoms with Crippen molar-refractivity contribution in [2.24, 2.45) is 5.16 Å². The Bertz CT molecular complexity index is 154.